The summed E-state index contributed by atoms with van der Waals surface area (Å²) < 4.78 is 15.8. The van der Waals surface area contributed by atoms with Gasteiger partial charge in [-0.1, -0.05) is 0 Å². The number of nitrogens with zero attached hydrogens (tertiary/aromatic N) is 2. The lowest BCUT2D eigenvalue weighted by Crippen LogP contribution is -2.17. The number of aromatic nitrogens is 1. The number of nitrogens with one attached hydrogen (secondary N) is 1. The summed E-state index contributed by atoms with van der Waals surface area (Å²) >= 11 is 0. The molecule has 2 aromatic rings. The first kappa shape index (κ1) is 16.3. The van der Waals surface area contributed by atoms with Crippen LogP contribution in [-0.4, -0.2) is 38.4 Å². The van der Waals surface area contributed by atoms with Gasteiger partial charge in [-0.2, -0.15) is 5.10 Å². The van der Waals surface area contributed by atoms with Crippen molar-refractivity contribution in [3.05, 3.63) is 47.8 Å². The fourth-order valence-electron chi connectivity index (χ4n) is 1.88. The number of pyridine rings is 1. The van der Waals surface area contributed by atoms with Crippen LogP contribution in [0.15, 0.2) is 41.8 Å². The molecular weight excluding hydrogens is 298 g/mol. The van der Waals surface area contributed by atoms with Gasteiger partial charge in [-0.15, -0.1) is 0 Å². The van der Waals surface area contributed by atoms with Crippen LogP contribution in [-0.2, 0) is 0 Å². The van der Waals surface area contributed by atoms with Crippen LogP contribution in [0.5, 0.6) is 17.2 Å². The van der Waals surface area contributed by atoms with Crippen molar-refractivity contribution in [1.82, 2.24) is 10.4 Å². The minimum atomic E-state index is -0.360. The fraction of sp³-hybridized carbons (Fsp3) is 0.188. The van der Waals surface area contributed by atoms with E-state index in [0.29, 0.717) is 28.4 Å². The van der Waals surface area contributed by atoms with Gasteiger partial charge in [0.1, 0.15) is 17.2 Å². The second kappa shape index (κ2) is 7.79. The van der Waals surface area contributed by atoms with E-state index in [0.717, 1.165) is 0 Å². The van der Waals surface area contributed by atoms with Crippen molar-refractivity contribution in [3.8, 4) is 17.2 Å². The molecule has 0 aliphatic heterocycles. The number of benzene rings is 1. The van der Waals surface area contributed by atoms with Crippen LogP contribution in [0.1, 0.15) is 15.9 Å². The van der Waals surface area contributed by atoms with E-state index in [2.05, 4.69) is 15.5 Å². The number of hydrogen-bond donors (Lipinski definition) is 1. The van der Waals surface area contributed by atoms with Gasteiger partial charge < -0.3 is 14.2 Å². The van der Waals surface area contributed by atoms with E-state index in [4.69, 9.17) is 14.2 Å². The Morgan fingerprint density at radius 1 is 1.17 bits per heavy atom. The molecule has 0 fully saturated rings. The first-order valence-corrected chi connectivity index (χ1v) is 6.73. The zero-order valence-electron chi connectivity index (χ0n) is 13.1. The maximum absolute atomic E-state index is 11.9. The van der Waals surface area contributed by atoms with Gasteiger partial charge in [-0.25, -0.2) is 5.43 Å². The fourth-order valence-corrected chi connectivity index (χ4v) is 1.88. The molecule has 1 amide bonds. The van der Waals surface area contributed by atoms with Gasteiger partial charge in [0, 0.05) is 24.5 Å². The summed E-state index contributed by atoms with van der Waals surface area (Å²) in [6.45, 7) is 0. The van der Waals surface area contributed by atoms with Crippen molar-refractivity contribution in [3.63, 3.8) is 0 Å². The first-order valence-electron chi connectivity index (χ1n) is 6.73. The second-order valence-electron chi connectivity index (χ2n) is 4.39. The Morgan fingerprint density at radius 2 is 1.87 bits per heavy atom. The third-order valence-corrected chi connectivity index (χ3v) is 3.04. The topological polar surface area (TPSA) is 82.0 Å². The maximum Gasteiger partial charge on any atom is 0.272 e. The Kier molecular flexibility index (Phi) is 5.51. The van der Waals surface area contributed by atoms with Crippen LogP contribution in [0.2, 0.25) is 0 Å². The predicted molar refractivity (Wildman–Crippen MR) is 85.4 cm³/mol. The molecule has 0 radical (unpaired) electrons. The van der Waals surface area contributed by atoms with Crippen LogP contribution >= 0.6 is 0 Å². The summed E-state index contributed by atoms with van der Waals surface area (Å²) in [6.07, 6.45) is 4.50. The molecule has 120 valence electrons. The van der Waals surface area contributed by atoms with Crippen LogP contribution in [0.4, 0.5) is 0 Å². The molecule has 1 aromatic carbocycles. The number of rotatable bonds is 6. The molecule has 1 heterocycles. The molecule has 2 rings (SSSR count). The summed E-state index contributed by atoms with van der Waals surface area (Å²) in [4.78, 5) is 15.8. The smallest absolute Gasteiger partial charge is 0.272 e. The molecule has 1 N–H and O–H groups in total. The largest absolute Gasteiger partial charge is 0.496 e. The van der Waals surface area contributed by atoms with E-state index in [-0.39, 0.29) is 5.91 Å². The molecule has 0 saturated heterocycles. The maximum atomic E-state index is 11.9. The predicted octanol–water partition coefficient (Wildman–Crippen LogP) is 1.87. The van der Waals surface area contributed by atoms with Gasteiger partial charge >= 0.3 is 0 Å². The highest BCUT2D eigenvalue weighted by atomic mass is 16.5. The quantitative estimate of drug-likeness (QED) is 0.650. The summed E-state index contributed by atoms with van der Waals surface area (Å²) in [6, 6.07) is 6.72. The molecule has 0 atom stereocenters. The Bertz CT molecular complexity index is 677. The van der Waals surface area contributed by atoms with E-state index >= 15 is 0 Å². The first-order chi connectivity index (χ1) is 11.2. The average Bonchev–Trinajstić information content (AvgIpc) is 2.62. The second-order valence-corrected chi connectivity index (χ2v) is 4.39. The molecule has 0 spiro atoms. The monoisotopic (exact) mass is 315 g/mol. The lowest BCUT2D eigenvalue weighted by atomic mass is 10.2. The van der Waals surface area contributed by atoms with Crippen molar-refractivity contribution in [2.75, 3.05) is 21.3 Å². The van der Waals surface area contributed by atoms with Gasteiger partial charge in [0.25, 0.3) is 5.91 Å². The van der Waals surface area contributed by atoms with E-state index < -0.39 is 0 Å². The van der Waals surface area contributed by atoms with Crippen LogP contribution in [0, 0.1) is 0 Å². The standard InChI is InChI=1S/C16H17N3O4/c1-21-12-7-14(22-2)13(15(8-12)23-3)10-18-19-16(20)11-5-4-6-17-9-11/h4-10H,1-3H3,(H,19,20). The summed E-state index contributed by atoms with van der Waals surface area (Å²) in [5, 5.41) is 3.94. The van der Waals surface area contributed by atoms with Crippen molar-refractivity contribution in [2.45, 2.75) is 0 Å². The zero-order chi connectivity index (χ0) is 16.7. The molecule has 0 saturated carbocycles. The lowest BCUT2D eigenvalue weighted by Gasteiger charge is -2.12. The number of amides is 1. The number of hydrogen-bond acceptors (Lipinski definition) is 6. The van der Waals surface area contributed by atoms with Crippen molar-refractivity contribution in [1.29, 1.82) is 0 Å². The minimum absolute atomic E-state index is 0.360. The minimum Gasteiger partial charge on any atom is -0.496 e. The lowest BCUT2D eigenvalue weighted by molar-refractivity contribution is 0.0954. The Hall–Kier alpha value is -3.09. The van der Waals surface area contributed by atoms with Crippen LogP contribution in [0.25, 0.3) is 0 Å². The molecule has 0 aliphatic carbocycles. The van der Waals surface area contributed by atoms with Crippen LogP contribution in [0.3, 0.4) is 0 Å². The Labute approximate surface area is 133 Å². The Morgan fingerprint density at radius 3 is 2.39 bits per heavy atom. The van der Waals surface area contributed by atoms with Crippen molar-refractivity contribution >= 4 is 12.1 Å². The highest BCUT2D eigenvalue weighted by molar-refractivity contribution is 5.95. The van der Waals surface area contributed by atoms with E-state index in [9.17, 15) is 4.79 Å². The van der Waals surface area contributed by atoms with Gasteiger partial charge in [-0.05, 0) is 12.1 Å². The number of hydrazone groups is 1. The summed E-state index contributed by atoms with van der Waals surface area (Å²) in [5.41, 5.74) is 3.43. The number of methoxy groups -OCH3 is 3. The number of carbonyl (C=O) groups excluding carboxylic acids is 1. The SMILES string of the molecule is COc1cc(OC)c(C=NNC(=O)c2cccnc2)c(OC)c1. The highest BCUT2D eigenvalue weighted by Crippen LogP contribution is 2.32. The molecular formula is C16H17N3O4. The van der Waals surface area contributed by atoms with Crippen molar-refractivity contribution in [2.24, 2.45) is 5.10 Å². The van der Waals surface area contributed by atoms with Gasteiger partial charge in [-0.3, -0.25) is 9.78 Å². The third-order valence-electron chi connectivity index (χ3n) is 3.04. The summed E-state index contributed by atoms with van der Waals surface area (Å²) in [7, 11) is 4.61. The van der Waals surface area contributed by atoms with Gasteiger partial charge in [0.2, 0.25) is 0 Å². The zero-order valence-corrected chi connectivity index (χ0v) is 13.1. The van der Waals surface area contributed by atoms with E-state index in [1.807, 2.05) is 0 Å². The van der Waals surface area contributed by atoms with E-state index in [1.54, 1.807) is 37.6 Å². The highest BCUT2D eigenvalue weighted by Gasteiger charge is 2.11. The average molecular weight is 315 g/mol. The van der Waals surface area contributed by atoms with E-state index in [1.165, 1.54) is 26.6 Å². The van der Waals surface area contributed by atoms with Crippen molar-refractivity contribution < 1.29 is 19.0 Å². The molecule has 0 bridgehead atoms. The van der Waals surface area contributed by atoms with Crippen LogP contribution < -0.4 is 19.6 Å². The van der Waals surface area contributed by atoms with Gasteiger partial charge in [0.05, 0.1) is 38.7 Å². The number of carbonyl (C=O) groups is 1. The molecule has 1 aromatic heterocycles. The molecule has 0 aliphatic rings. The molecule has 7 heteroatoms. The third kappa shape index (κ3) is 3.97. The molecule has 7 nitrogen and oxygen atoms in total. The number of ether oxygens (including phenoxy) is 3. The Balaban J connectivity index is 2.20. The molecule has 0 unspecified atom stereocenters. The van der Waals surface area contributed by atoms with Gasteiger partial charge in [0.15, 0.2) is 0 Å². The molecule has 23 heavy (non-hydrogen) atoms. The normalized spacial score (nSPS) is 10.4. The summed E-state index contributed by atoms with van der Waals surface area (Å²) in [5.74, 6) is 1.26.